The molecule has 1 aliphatic heterocycles. The summed E-state index contributed by atoms with van der Waals surface area (Å²) in [6.07, 6.45) is 10.6. The molecule has 3 atom stereocenters. The zero-order valence-electron chi connectivity index (χ0n) is 13.6. The van der Waals surface area contributed by atoms with Crippen molar-refractivity contribution in [2.75, 3.05) is 11.9 Å². The molecule has 0 amide bonds. The first kappa shape index (κ1) is 14.9. The van der Waals surface area contributed by atoms with Gasteiger partial charge in [-0.1, -0.05) is 20.8 Å². The van der Waals surface area contributed by atoms with Crippen LogP contribution in [0.1, 0.15) is 52.9 Å². The predicted molar refractivity (Wildman–Crippen MR) is 85.4 cm³/mol. The number of nitrogens with one attached hydrogen (secondary N) is 1. The Bertz CT molecular complexity index is 462. The van der Waals surface area contributed by atoms with E-state index in [4.69, 9.17) is 4.74 Å². The highest BCUT2D eigenvalue weighted by Crippen LogP contribution is 2.39. The first-order chi connectivity index (χ1) is 10.00. The van der Waals surface area contributed by atoms with Gasteiger partial charge in [0.25, 0.3) is 0 Å². The van der Waals surface area contributed by atoms with Gasteiger partial charge in [0.05, 0.1) is 24.5 Å². The number of aromatic nitrogens is 2. The van der Waals surface area contributed by atoms with Gasteiger partial charge in [-0.25, -0.2) is 0 Å². The lowest BCUT2D eigenvalue weighted by atomic mass is 9.70. The van der Waals surface area contributed by atoms with Crippen molar-refractivity contribution in [2.45, 2.75) is 71.6 Å². The maximum atomic E-state index is 5.68. The Morgan fingerprint density at radius 1 is 1.43 bits per heavy atom. The van der Waals surface area contributed by atoms with Gasteiger partial charge in [-0.3, -0.25) is 4.68 Å². The van der Waals surface area contributed by atoms with E-state index in [1.807, 2.05) is 10.9 Å². The van der Waals surface area contributed by atoms with E-state index in [9.17, 15) is 0 Å². The molecular formula is C17H29N3O. The average Bonchev–Trinajstić information content (AvgIpc) is 2.99. The van der Waals surface area contributed by atoms with Gasteiger partial charge in [-0.15, -0.1) is 0 Å². The van der Waals surface area contributed by atoms with Crippen LogP contribution in [-0.4, -0.2) is 28.5 Å². The van der Waals surface area contributed by atoms with E-state index in [1.54, 1.807) is 0 Å². The Morgan fingerprint density at radius 2 is 2.29 bits per heavy atom. The fraction of sp³-hybridized carbons (Fsp3) is 0.824. The third-order valence-electron chi connectivity index (χ3n) is 4.81. The first-order valence-corrected chi connectivity index (χ1v) is 8.41. The van der Waals surface area contributed by atoms with Crippen molar-refractivity contribution in [3.8, 4) is 0 Å². The van der Waals surface area contributed by atoms with Crippen LogP contribution in [-0.2, 0) is 11.3 Å². The number of anilines is 1. The van der Waals surface area contributed by atoms with E-state index in [1.165, 1.54) is 25.7 Å². The molecule has 1 saturated carbocycles. The van der Waals surface area contributed by atoms with Gasteiger partial charge < -0.3 is 10.1 Å². The fourth-order valence-corrected chi connectivity index (χ4v) is 4.23. The molecule has 1 N–H and O–H groups in total. The van der Waals surface area contributed by atoms with Crippen LogP contribution in [0.3, 0.4) is 0 Å². The Kier molecular flexibility index (Phi) is 4.25. The van der Waals surface area contributed by atoms with E-state index < -0.39 is 0 Å². The molecule has 2 aliphatic rings. The van der Waals surface area contributed by atoms with Crippen molar-refractivity contribution in [1.29, 1.82) is 0 Å². The molecule has 0 radical (unpaired) electrons. The Labute approximate surface area is 128 Å². The number of hydrogen-bond donors (Lipinski definition) is 1. The van der Waals surface area contributed by atoms with Crippen LogP contribution in [0.2, 0.25) is 0 Å². The zero-order valence-corrected chi connectivity index (χ0v) is 13.6. The van der Waals surface area contributed by atoms with Crippen LogP contribution >= 0.6 is 0 Å². The molecule has 1 aliphatic carbocycles. The van der Waals surface area contributed by atoms with Gasteiger partial charge in [0.15, 0.2) is 0 Å². The summed E-state index contributed by atoms with van der Waals surface area (Å²) in [5.74, 6) is 0.799. The molecule has 3 rings (SSSR count). The largest absolute Gasteiger partial charge is 0.380 e. The second kappa shape index (κ2) is 5.99. The number of hydrogen-bond acceptors (Lipinski definition) is 3. The molecule has 0 aromatic carbocycles. The highest BCUT2D eigenvalue weighted by molar-refractivity contribution is 5.39. The Morgan fingerprint density at radius 3 is 3.00 bits per heavy atom. The van der Waals surface area contributed by atoms with Gasteiger partial charge in [0, 0.05) is 18.8 Å². The number of rotatable bonds is 4. The highest BCUT2D eigenvalue weighted by Gasteiger charge is 2.32. The fourth-order valence-electron chi connectivity index (χ4n) is 4.23. The lowest BCUT2D eigenvalue weighted by Crippen LogP contribution is -2.35. The predicted octanol–water partition coefficient (Wildman–Crippen LogP) is 3.69. The molecular weight excluding hydrogens is 262 g/mol. The quantitative estimate of drug-likeness (QED) is 0.919. The molecule has 3 unspecified atom stereocenters. The van der Waals surface area contributed by atoms with Gasteiger partial charge in [-0.2, -0.15) is 5.10 Å². The van der Waals surface area contributed by atoms with E-state index in [2.05, 4.69) is 37.4 Å². The molecule has 2 heterocycles. The minimum atomic E-state index is 0.353. The van der Waals surface area contributed by atoms with Crippen LogP contribution in [0.15, 0.2) is 12.4 Å². The van der Waals surface area contributed by atoms with Gasteiger partial charge in [0.1, 0.15) is 0 Å². The van der Waals surface area contributed by atoms with E-state index in [-0.39, 0.29) is 0 Å². The molecule has 4 heteroatoms. The van der Waals surface area contributed by atoms with Gasteiger partial charge >= 0.3 is 0 Å². The molecule has 1 saturated heterocycles. The van der Waals surface area contributed by atoms with Crippen molar-refractivity contribution in [3.05, 3.63) is 12.4 Å². The third kappa shape index (κ3) is 4.00. The third-order valence-corrected chi connectivity index (χ3v) is 4.81. The van der Waals surface area contributed by atoms with Crippen molar-refractivity contribution in [1.82, 2.24) is 9.78 Å². The van der Waals surface area contributed by atoms with Crippen molar-refractivity contribution in [2.24, 2.45) is 11.3 Å². The molecule has 2 fully saturated rings. The van der Waals surface area contributed by atoms with Crippen LogP contribution in [0.4, 0.5) is 5.69 Å². The van der Waals surface area contributed by atoms with E-state index in [0.717, 1.165) is 31.2 Å². The second-order valence-electron chi connectivity index (χ2n) is 7.84. The van der Waals surface area contributed by atoms with Crippen molar-refractivity contribution in [3.63, 3.8) is 0 Å². The maximum Gasteiger partial charge on any atom is 0.0771 e. The first-order valence-electron chi connectivity index (χ1n) is 8.41. The second-order valence-corrected chi connectivity index (χ2v) is 7.84. The van der Waals surface area contributed by atoms with Gasteiger partial charge in [-0.05, 0) is 43.4 Å². The topological polar surface area (TPSA) is 39.1 Å². The molecule has 1 aromatic rings. The molecule has 0 spiro atoms. The minimum absolute atomic E-state index is 0.353. The molecule has 4 nitrogen and oxygen atoms in total. The summed E-state index contributed by atoms with van der Waals surface area (Å²) >= 11 is 0. The van der Waals surface area contributed by atoms with E-state index in [0.29, 0.717) is 17.6 Å². The molecule has 21 heavy (non-hydrogen) atoms. The Balaban J connectivity index is 1.56. The van der Waals surface area contributed by atoms with Crippen LogP contribution in [0.5, 0.6) is 0 Å². The van der Waals surface area contributed by atoms with Crippen LogP contribution < -0.4 is 5.32 Å². The monoisotopic (exact) mass is 291 g/mol. The summed E-state index contributed by atoms with van der Waals surface area (Å²) in [5, 5.41) is 8.16. The minimum Gasteiger partial charge on any atom is -0.380 e. The maximum absolute atomic E-state index is 5.68. The standard InChI is InChI=1S/C17H29N3O/c1-13-7-14(9-17(2,3)8-13)19-15-10-18-20(11-15)12-16-5-4-6-21-16/h10-11,13-14,16,19H,4-9,12H2,1-3H3. The highest BCUT2D eigenvalue weighted by atomic mass is 16.5. The summed E-state index contributed by atoms with van der Waals surface area (Å²) in [4.78, 5) is 0. The molecule has 1 aromatic heterocycles. The summed E-state index contributed by atoms with van der Waals surface area (Å²) in [7, 11) is 0. The SMILES string of the molecule is CC1CC(Nc2cnn(CC3CCCO3)c2)CC(C)(C)C1. The normalized spacial score (nSPS) is 32.2. The molecule has 118 valence electrons. The van der Waals surface area contributed by atoms with Gasteiger partial charge in [0.2, 0.25) is 0 Å². The van der Waals surface area contributed by atoms with Crippen molar-refractivity contribution >= 4 is 5.69 Å². The van der Waals surface area contributed by atoms with Crippen molar-refractivity contribution < 1.29 is 4.74 Å². The van der Waals surface area contributed by atoms with Crippen LogP contribution in [0.25, 0.3) is 0 Å². The number of ether oxygens (including phenoxy) is 1. The summed E-state index contributed by atoms with van der Waals surface area (Å²) in [6, 6.07) is 0.573. The lowest BCUT2D eigenvalue weighted by Gasteiger charge is -2.39. The van der Waals surface area contributed by atoms with E-state index >= 15 is 0 Å². The Hall–Kier alpha value is -1.03. The number of nitrogens with zero attached hydrogens (tertiary/aromatic N) is 2. The molecule has 0 bridgehead atoms. The summed E-state index contributed by atoms with van der Waals surface area (Å²) in [5.41, 5.74) is 1.60. The summed E-state index contributed by atoms with van der Waals surface area (Å²) < 4.78 is 7.70. The zero-order chi connectivity index (χ0) is 14.9. The van der Waals surface area contributed by atoms with Crippen LogP contribution in [0, 0.1) is 11.3 Å². The average molecular weight is 291 g/mol. The smallest absolute Gasteiger partial charge is 0.0771 e. The summed E-state index contributed by atoms with van der Waals surface area (Å²) in [6.45, 7) is 8.94. The lowest BCUT2D eigenvalue weighted by molar-refractivity contribution is 0.0940.